The zero-order valence-corrected chi connectivity index (χ0v) is 14.3. The van der Waals surface area contributed by atoms with Gasteiger partial charge in [-0.1, -0.05) is 0 Å². The van der Waals surface area contributed by atoms with Crippen LogP contribution in [-0.4, -0.2) is 60.9 Å². The molecule has 3 rings (SSSR count). The maximum atomic E-state index is 12.7. The molecule has 1 aromatic rings. The Morgan fingerprint density at radius 2 is 2.00 bits per heavy atom. The minimum atomic E-state index is -1.06. The normalized spacial score (nSPS) is 21.2. The largest absolute Gasteiger partial charge is 0.493 e. The molecule has 2 aliphatic rings. The van der Waals surface area contributed by atoms with E-state index in [9.17, 15) is 9.59 Å². The number of carbonyl (C=O) groups excluding carboxylic acids is 1. The highest BCUT2D eigenvalue weighted by atomic mass is 16.5. The van der Waals surface area contributed by atoms with E-state index in [1.165, 1.54) is 17.7 Å². The van der Waals surface area contributed by atoms with Crippen LogP contribution in [0.25, 0.3) is 0 Å². The second-order valence-electron chi connectivity index (χ2n) is 6.34. The van der Waals surface area contributed by atoms with Crippen LogP contribution in [0, 0.1) is 0 Å². The van der Waals surface area contributed by atoms with Gasteiger partial charge >= 0.3 is 5.97 Å². The van der Waals surface area contributed by atoms with Crippen LogP contribution < -0.4 is 9.47 Å². The summed E-state index contributed by atoms with van der Waals surface area (Å²) in [5.41, 5.74) is 0.446. The highest BCUT2D eigenvalue weighted by molar-refractivity contribution is 5.95. The van der Waals surface area contributed by atoms with E-state index < -0.39 is 12.1 Å². The summed E-state index contributed by atoms with van der Waals surface area (Å²) < 4.78 is 16.5. The maximum absolute atomic E-state index is 12.7. The molecule has 1 unspecified atom stereocenters. The molecule has 0 spiro atoms. The monoisotopic (exact) mass is 349 g/mol. The van der Waals surface area contributed by atoms with Crippen molar-refractivity contribution in [2.24, 2.45) is 0 Å². The second kappa shape index (κ2) is 7.74. The molecule has 1 saturated carbocycles. The number of hydrogen-bond donors (Lipinski definition) is 1. The van der Waals surface area contributed by atoms with E-state index in [4.69, 9.17) is 19.3 Å². The van der Waals surface area contributed by atoms with Crippen molar-refractivity contribution in [1.82, 2.24) is 4.90 Å². The molecule has 7 heteroatoms. The third-order valence-corrected chi connectivity index (χ3v) is 4.64. The van der Waals surface area contributed by atoms with Gasteiger partial charge in [0.25, 0.3) is 5.91 Å². The first-order valence-corrected chi connectivity index (χ1v) is 8.57. The molecule has 1 amide bonds. The van der Waals surface area contributed by atoms with Crippen LogP contribution in [0.2, 0.25) is 0 Å². The number of methoxy groups -OCH3 is 1. The Morgan fingerprint density at radius 1 is 1.24 bits per heavy atom. The molecule has 1 atom stereocenters. The number of ether oxygens (including phenoxy) is 3. The molecule has 0 aromatic heterocycles. The second-order valence-corrected chi connectivity index (χ2v) is 6.34. The lowest BCUT2D eigenvalue weighted by atomic mass is 10.1. The van der Waals surface area contributed by atoms with Gasteiger partial charge in [-0.2, -0.15) is 0 Å². The van der Waals surface area contributed by atoms with Crippen molar-refractivity contribution in [3.05, 3.63) is 23.8 Å². The number of aliphatic carboxylic acids is 1. The first kappa shape index (κ1) is 17.5. The fourth-order valence-electron chi connectivity index (χ4n) is 3.25. The number of rotatable bonds is 5. The first-order chi connectivity index (χ1) is 12.1. The average molecular weight is 349 g/mol. The van der Waals surface area contributed by atoms with E-state index in [0.29, 0.717) is 23.6 Å². The molecule has 7 nitrogen and oxygen atoms in total. The fourth-order valence-corrected chi connectivity index (χ4v) is 3.25. The minimum Gasteiger partial charge on any atom is -0.493 e. The predicted octanol–water partition coefficient (Wildman–Crippen LogP) is 1.94. The van der Waals surface area contributed by atoms with Crippen molar-refractivity contribution in [2.75, 3.05) is 26.8 Å². The molecule has 1 N–H and O–H groups in total. The summed E-state index contributed by atoms with van der Waals surface area (Å²) >= 11 is 0. The summed E-state index contributed by atoms with van der Waals surface area (Å²) in [4.78, 5) is 25.2. The van der Waals surface area contributed by atoms with Crippen LogP contribution in [0.1, 0.15) is 36.0 Å². The molecule has 1 aromatic carbocycles. The van der Waals surface area contributed by atoms with E-state index in [2.05, 4.69) is 0 Å². The van der Waals surface area contributed by atoms with Gasteiger partial charge in [0, 0.05) is 12.1 Å². The highest BCUT2D eigenvalue weighted by Gasteiger charge is 2.30. The Kier molecular flexibility index (Phi) is 5.43. The van der Waals surface area contributed by atoms with Crippen molar-refractivity contribution in [2.45, 2.75) is 37.9 Å². The highest BCUT2D eigenvalue weighted by Crippen LogP contribution is 2.32. The standard InChI is InChI=1S/C18H23NO6/c1-23-15-10-12(6-7-14(15)25-13-4-2-3-5-13)17(20)19-8-9-24-16(11-19)18(21)22/h6-7,10,13,16H,2-5,8-9,11H2,1H3,(H,21,22). The van der Waals surface area contributed by atoms with Crippen LogP contribution in [0.4, 0.5) is 0 Å². The van der Waals surface area contributed by atoms with Gasteiger partial charge in [-0.15, -0.1) is 0 Å². The quantitative estimate of drug-likeness (QED) is 0.874. The number of carbonyl (C=O) groups is 2. The zero-order chi connectivity index (χ0) is 17.8. The van der Waals surface area contributed by atoms with Crippen LogP contribution >= 0.6 is 0 Å². The summed E-state index contributed by atoms with van der Waals surface area (Å²) in [5.74, 6) is -0.146. The van der Waals surface area contributed by atoms with E-state index in [-0.39, 0.29) is 25.2 Å². The van der Waals surface area contributed by atoms with E-state index >= 15 is 0 Å². The number of carboxylic acids is 1. The molecular weight excluding hydrogens is 326 g/mol. The lowest BCUT2D eigenvalue weighted by Gasteiger charge is -2.31. The first-order valence-electron chi connectivity index (χ1n) is 8.57. The fraction of sp³-hybridized carbons (Fsp3) is 0.556. The number of benzene rings is 1. The number of nitrogens with zero attached hydrogens (tertiary/aromatic N) is 1. The SMILES string of the molecule is COc1cc(C(=O)N2CCOC(C(=O)O)C2)ccc1OC1CCCC1. The molecule has 1 saturated heterocycles. The molecule has 0 radical (unpaired) electrons. The van der Waals surface area contributed by atoms with Gasteiger partial charge in [-0.3, -0.25) is 4.79 Å². The van der Waals surface area contributed by atoms with Gasteiger partial charge in [0.15, 0.2) is 17.6 Å². The number of hydrogen-bond acceptors (Lipinski definition) is 5. The average Bonchev–Trinajstić information content (AvgIpc) is 3.14. The van der Waals surface area contributed by atoms with Crippen LogP contribution in [-0.2, 0) is 9.53 Å². The Balaban J connectivity index is 1.73. The van der Waals surface area contributed by atoms with Crippen LogP contribution in [0.5, 0.6) is 11.5 Å². The number of morpholine rings is 1. The van der Waals surface area contributed by atoms with Crippen molar-refractivity contribution < 1.29 is 28.9 Å². The molecule has 2 fully saturated rings. The Morgan fingerprint density at radius 3 is 2.68 bits per heavy atom. The van der Waals surface area contributed by atoms with Crippen LogP contribution in [0.15, 0.2) is 18.2 Å². The van der Waals surface area contributed by atoms with Gasteiger partial charge in [0.1, 0.15) is 0 Å². The topological polar surface area (TPSA) is 85.3 Å². The van der Waals surface area contributed by atoms with E-state index in [1.807, 2.05) is 0 Å². The van der Waals surface area contributed by atoms with Gasteiger partial charge in [0.2, 0.25) is 0 Å². The van der Waals surface area contributed by atoms with Crippen molar-refractivity contribution in [1.29, 1.82) is 0 Å². The summed E-state index contributed by atoms with van der Waals surface area (Å²) in [5, 5.41) is 9.06. The summed E-state index contributed by atoms with van der Waals surface area (Å²) in [6, 6.07) is 5.09. The van der Waals surface area contributed by atoms with Crippen molar-refractivity contribution >= 4 is 11.9 Å². The third-order valence-electron chi connectivity index (χ3n) is 4.64. The van der Waals surface area contributed by atoms with E-state index in [0.717, 1.165) is 12.8 Å². The lowest BCUT2D eigenvalue weighted by Crippen LogP contribution is -2.48. The van der Waals surface area contributed by atoms with Crippen molar-refractivity contribution in [3.63, 3.8) is 0 Å². The molecule has 1 heterocycles. The van der Waals surface area contributed by atoms with E-state index in [1.54, 1.807) is 25.3 Å². The minimum absolute atomic E-state index is 0.0385. The Hall–Kier alpha value is -2.28. The molecule has 136 valence electrons. The Labute approximate surface area is 146 Å². The molecular formula is C18H23NO6. The van der Waals surface area contributed by atoms with Gasteiger partial charge in [-0.05, 0) is 43.9 Å². The molecule has 1 aliphatic heterocycles. The molecule has 1 aliphatic carbocycles. The summed E-state index contributed by atoms with van der Waals surface area (Å²) in [6.45, 7) is 0.616. The number of amides is 1. The van der Waals surface area contributed by atoms with Gasteiger partial charge in [0.05, 0.1) is 26.4 Å². The third kappa shape index (κ3) is 4.04. The predicted molar refractivity (Wildman–Crippen MR) is 89.2 cm³/mol. The number of carboxylic acid groups (broad SMARTS) is 1. The van der Waals surface area contributed by atoms with Gasteiger partial charge < -0.3 is 24.2 Å². The summed E-state index contributed by atoms with van der Waals surface area (Å²) in [7, 11) is 1.54. The summed E-state index contributed by atoms with van der Waals surface area (Å²) in [6.07, 6.45) is 3.63. The maximum Gasteiger partial charge on any atom is 0.334 e. The zero-order valence-electron chi connectivity index (χ0n) is 14.3. The molecule has 0 bridgehead atoms. The molecule has 25 heavy (non-hydrogen) atoms. The lowest BCUT2D eigenvalue weighted by molar-refractivity contribution is -0.154. The smallest absolute Gasteiger partial charge is 0.334 e. The van der Waals surface area contributed by atoms with Crippen molar-refractivity contribution in [3.8, 4) is 11.5 Å². The van der Waals surface area contributed by atoms with Gasteiger partial charge in [-0.25, -0.2) is 4.79 Å². The van der Waals surface area contributed by atoms with Crippen LogP contribution in [0.3, 0.4) is 0 Å². The Bertz CT molecular complexity index is 640.